The van der Waals surface area contributed by atoms with Crippen molar-refractivity contribution in [2.24, 2.45) is 5.73 Å². The van der Waals surface area contributed by atoms with E-state index in [0.29, 0.717) is 0 Å². The fraction of sp³-hybridized carbons (Fsp3) is 0.375. The van der Waals surface area contributed by atoms with E-state index in [1.165, 1.54) is 5.56 Å². The van der Waals surface area contributed by atoms with E-state index in [4.69, 9.17) is 5.73 Å². The number of imidazole rings is 1. The van der Waals surface area contributed by atoms with Crippen LogP contribution in [0.15, 0.2) is 42.9 Å². The van der Waals surface area contributed by atoms with Crippen molar-refractivity contribution in [3.8, 4) is 0 Å². The Morgan fingerprint density at radius 3 is 2.67 bits per heavy atom. The van der Waals surface area contributed by atoms with Crippen LogP contribution in [-0.4, -0.2) is 27.2 Å². The summed E-state index contributed by atoms with van der Waals surface area (Å²) in [5.41, 5.74) is 6.74. The van der Waals surface area contributed by atoms with Gasteiger partial charge in [0, 0.05) is 6.20 Å². The molecule has 5 heteroatoms. The van der Waals surface area contributed by atoms with Gasteiger partial charge in [-0.15, -0.1) is 0 Å². The molecule has 0 aliphatic rings. The second kappa shape index (κ2) is 7.59. The fourth-order valence-corrected chi connectivity index (χ4v) is 2.35. The third-order valence-electron chi connectivity index (χ3n) is 3.58. The molecule has 0 radical (unpaired) electrons. The van der Waals surface area contributed by atoms with E-state index in [1.807, 2.05) is 18.2 Å². The molecule has 21 heavy (non-hydrogen) atoms. The van der Waals surface area contributed by atoms with Crippen molar-refractivity contribution in [2.75, 3.05) is 6.61 Å². The highest BCUT2D eigenvalue weighted by Gasteiger charge is 2.12. The summed E-state index contributed by atoms with van der Waals surface area (Å²) in [6, 6.07) is 10.3. The van der Waals surface area contributed by atoms with Crippen LogP contribution in [0.5, 0.6) is 0 Å². The number of nitrogens with zero attached hydrogens (tertiary/aromatic N) is 2. The van der Waals surface area contributed by atoms with Crippen LogP contribution < -0.4 is 5.73 Å². The number of aliphatic hydroxyl groups is 1. The van der Waals surface area contributed by atoms with Crippen LogP contribution in [0.4, 0.5) is 0 Å². The first kappa shape index (κ1) is 15.3. The predicted molar refractivity (Wildman–Crippen MR) is 80.9 cm³/mol. The number of benzene rings is 1. The first-order chi connectivity index (χ1) is 10.2. The number of carbonyl (C=O) groups excluding carboxylic acids is 1. The van der Waals surface area contributed by atoms with Crippen molar-refractivity contribution >= 4 is 5.91 Å². The van der Waals surface area contributed by atoms with Gasteiger partial charge in [-0.05, 0) is 24.8 Å². The Morgan fingerprint density at radius 2 is 2.05 bits per heavy atom. The van der Waals surface area contributed by atoms with Gasteiger partial charge in [-0.1, -0.05) is 36.8 Å². The zero-order chi connectivity index (χ0) is 15.1. The van der Waals surface area contributed by atoms with Gasteiger partial charge in [-0.3, -0.25) is 4.79 Å². The minimum absolute atomic E-state index is 0.0277. The quantitative estimate of drug-likeness (QED) is 0.728. The largest absolute Gasteiger partial charge is 0.394 e. The maximum Gasteiger partial charge on any atom is 0.268 e. The van der Waals surface area contributed by atoms with E-state index in [-0.39, 0.29) is 18.3 Å². The van der Waals surface area contributed by atoms with Gasteiger partial charge in [0.05, 0.1) is 19.0 Å². The second-order valence-electron chi connectivity index (χ2n) is 5.14. The molecule has 0 spiro atoms. The molecule has 0 saturated heterocycles. The second-order valence-corrected chi connectivity index (χ2v) is 5.14. The van der Waals surface area contributed by atoms with E-state index < -0.39 is 5.91 Å². The van der Waals surface area contributed by atoms with Gasteiger partial charge in [-0.25, -0.2) is 4.98 Å². The minimum atomic E-state index is -0.547. The Hall–Kier alpha value is -2.14. The first-order valence-corrected chi connectivity index (χ1v) is 7.18. The van der Waals surface area contributed by atoms with Crippen LogP contribution in [0.2, 0.25) is 0 Å². The molecule has 1 aromatic heterocycles. The van der Waals surface area contributed by atoms with Gasteiger partial charge in [0.2, 0.25) is 0 Å². The van der Waals surface area contributed by atoms with E-state index in [0.717, 1.165) is 25.7 Å². The molecule has 3 N–H and O–H groups in total. The first-order valence-electron chi connectivity index (χ1n) is 7.18. The lowest BCUT2D eigenvalue weighted by Crippen LogP contribution is -2.13. The Bertz CT molecular complexity index is 566. The Morgan fingerprint density at radius 1 is 1.29 bits per heavy atom. The molecule has 112 valence electrons. The van der Waals surface area contributed by atoms with Gasteiger partial charge < -0.3 is 15.4 Å². The average molecular weight is 287 g/mol. The van der Waals surface area contributed by atoms with Gasteiger partial charge in [-0.2, -0.15) is 0 Å². The molecule has 2 rings (SSSR count). The van der Waals surface area contributed by atoms with Gasteiger partial charge in [0.15, 0.2) is 0 Å². The summed E-state index contributed by atoms with van der Waals surface area (Å²) in [5, 5.41) is 9.48. The molecule has 0 aliphatic heterocycles. The summed E-state index contributed by atoms with van der Waals surface area (Å²) >= 11 is 0. The van der Waals surface area contributed by atoms with E-state index in [9.17, 15) is 9.90 Å². The molecule has 1 aromatic carbocycles. The van der Waals surface area contributed by atoms with Crippen LogP contribution in [-0.2, 0) is 6.42 Å². The highest BCUT2D eigenvalue weighted by molar-refractivity contribution is 5.90. The van der Waals surface area contributed by atoms with E-state index in [1.54, 1.807) is 17.1 Å². The average Bonchev–Trinajstić information content (AvgIpc) is 2.98. The number of hydrogen-bond acceptors (Lipinski definition) is 3. The van der Waals surface area contributed by atoms with Crippen molar-refractivity contribution in [2.45, 2.75) is 31.7 Å². The Labute approximate surface area is 124 Å². The topological polar surface area (TPSA) is 81.1 Å². The zero-order valence-electron chi connectivity index (χ0n) is 12.0. The lowest BCUT2D eigenvalue weighted by molar-refractivity contribution is 0.0995. The fourth-order valence-electron chi connectivity index (χ4n) is 2.35. The predicted octanol–water partition coefficient (Wildman–Crippen LogP) is 1.93. The van der Waals surface area contributed by atoms with Crippen LogP contribution in [0, 0.1) is 0 Å². The molecule has 0 fully saturated rings. The third kappa shape index (κ3) is 4.43. The number of primary amides is 1. The molecule has 1 unspecified atom stereocenters. The molecule has 5 nitrogen and oxygen atoms in total. The highest BCUT2D eigenvalue weighted by atomic mass is 16.3. The van der Waals surface area contributed by atoms with Crippen LogP contribution in [0.25, 0.3) is 0 Å². The van der Waals surface area contributed by atoms with Crippen molar-refractivity contribution < 1.29 is 9.90 Å². The van der Waals surface area contributed by atoms with Crippen LogP contribution >= 0.6 is 0 Å². The third-order valence-corrected chi connectivity index (χ3v) is 3.58. The molecule has 1 atom stereocenters. The molecule has 1 heterocycles. The Balaban J connectivity index is 1.80. The monoisotopic (exact) mass is 287 g/mol. The number of aromatic nitrogens is 2. The molecular weight excluding hydrogens is 266 g/mol. The normalized spacial score (nSPS) is 12.2. The number of aliphatic hydroxyl groups excluding tert-OH is 1. The lowest BCUT2D eigenvalue weighted by Gasteiger charge is -2.15. The summed E-state index contributed by atoms with van der Waals surface area (Å²) in [6.45, 7) is 0.0277. The standard InChI is InChI=1S/C16H21N3O2/c17-16(21)15-10-19(12-18-15)14(11-20)9-5-4-8-13-6-2-1-3-7-13/h1-3,6-7,10,12,14,20H,4-5,8-9,11H2,(H2,17,21). The minimum Gasteiger partial charge on any atom is -0.394 e. The number of nitrogens with two attached hydrogens (primary N) is 1. The highest BCUT2D eigenvalue weighted by Crippen LogP contribution is 2.16. The van der Waals surface area contributed by atoms with Crippen molar-refractivity contribution in [1.82, 2.24) is 9.55 Å². The molecule has 0 saturated carbocycles. The molecule has 2 aromatic rings. The van der Waals surface area contributed by atoms with Crippen molar-refractivity contribution in [1.29, 1.82) is 0 Å². The zero-order valence-corrected chi connectivity index (χ0v) is 12.0. The van der Waals surface area contributed by atoms with E-state index in [2.05, 4.69) is 17.1 Å². The summed E-state index contributed by atoms with van der Waals surface area (Å²) in [4.78, 5) is 15.0. The van der Waals surface area contributed by atoms with Crippen LogP contribution in [0.1, 0.15) is 41.4 Å². The molecule has 1 amide bonds. The molecule has 0 aliphatic carbocycles. The number of aryl methyl sites for hydroxylation is 1. The number of amides is 1. The smallest absolute Gasteiger partial charge is 0.268 e. The van der Waals surface area contributed by atoms with Crippen LogP contribution in [0.3, 0.4) is 0 Å². The maximum atomic E-state index is 11.0. The number of rotatable bonds is 8. The van der Waals surface area contributed by atoms with Crippen molar-refractivity contribution in [3.63, 3.8) is 0 Å². The SMILES string of the molecule is NC(=O)c1cn(C(CO)CCCCc2ccccc2)cn1. The summed E-state index contributed by atoms with van der Waals surface area (Å²) in [6.07, 6.45) is 7.11. The lowest BCUT2D eigenvalue weighted by atomic mass is 10.0. The molecule has 0 bridgehead atoms. The van der Waals surface area contributed by atoms with Crippen molar-refractivity contribution in [3.05, 3.63) is 54.1 Å². The number of hydrogen-bond donors (Lipinski definition) is 2. The number of carbonyl (C=O) groups is 1. The maximum absolute atomic E-state index is 11.0. The summed E-state index contributed by atoms with van der Waals surface area (Å²) in [7, 11) is 0. The van der Waals surface area contributed by atoms with Gasteiger partial charge >= 0.3 is 0 Å². The van der Waals surface area contributed by atoms with Gasteiger partial charge in [0.1, 0.15) is 5.69 Å². The summed E-state index contributed by atoms with van der Waals surface area (Å²) < 4.78 is 1.77. The summed E-state index contributed by atoms with van der Waals surface area (Å²) in [5.74, 6) is -0.547. The molecular formula is C16H21N3O2. The number of unbranched alkanes of at least 4 members (excludes halogenated alkanes) is 1. The van der Waals surface area contributed by atoms with E-state index >= 15 is 0 Å². The Kier molecular flexibility index (Phi) is 5.51. The van der Waals surface area contributed by atoms with Gasteiger partial charge in [0.25, 0.3) is 5.91 Å².